The molecule has 1 aliphatic heterocycles. The Balaban J connectivity index is 2.14. The molecule has 0 bridgehead atoms. The van der Waals surface area contributed by atoms with E-state index in [1.165, 1.54) is 4.90 Å². The van der Waals surface area contributed by atoms with Gasteiger partial charge in [0.15, 0.2) is 6.23 Å². The molecule has 0 fully saturated rings. The van der Waals surface area contributed by atoms with Crippen molar-refractivity contribution in [2.45, 2.75) is 20.1 Å². The van der Waals surface area contributed by atoms with Crippen LogP contribution in [0.15, 0.2) is 42.5 Å². The first-order valence-corrected chi connectivity index (χ1v) is 6.28. The fourth-order valence-corrected chi connectivity index (χ4v) is 2.53. The topological polar surface area (TPSA) is 40.5 Å². The van der Waals surface area contributed by atoms with E-state index in [1.54, 1.807) is 12.1 Å². The van der Waals surface area contributed by atoms with Crippen molar-refractivity contribution < 1.29 is 9.90 Å². The summed E-state index contributed by atoms with van der Waals surface area (Å²) in [5, 5.41) is 10.4. The second-order valence-electron chi connectivity index (χ2n) is 4.86. The van der Waals surface area contributed by atoms with E-state index >= 15 is 0 Å². The van der Waals surface area contributed by atoms with Crippen LogP contribution in [0.4, 0.5) is 5.69 Å². The van der Waals surface area contributed by atoms with E-state index in [9.17, 15) is 9.90 Å². The van der Waals surface area contributed by atoms with Gasteiger partial charge in [0.05, 0.1) is 5.69 Å². The van der Waals surface area contributed by atoms with Gasteiger partial charge in [-0.3, -0.25) is 9.69 Å². The number of hydrogen-bond acceptors (Lipinski definition) is 2. The number of aliphatic hydroxyl groups is 1. The van der Waals surface area contributed by atoms with Crippen molar-refractivity contribution in [1.82, 2.24) is 0 Å². The molecule has 1 atom stereocenters. The first-order chi connectivity index (χ1) is 9.11. The number of fused-ring (bicyclic) bond motifs is 1. The molecule has 0 aliphatic carbocycles. The van der Waals surface area contributed by atoms with E-state index in [0.29, 0.717) is 11.1 Å². The third-order valence-electron chi connectivity index (χ3n) is 3.77. The molecular formula is C16H15NO2. The Kier molecular flexibility index (Phi) is 2.64. The monoisotopic (exact) mass is 253 g/mol. The minimum Gasteiger partial charge on any atom is -0.369 e. The lowest BCUT2D eigenvalue weighted by Crippen LogP contribution is -2.28. The largest absolute Gasteiger partial charge is 0.369 e. The normalized spacial score (nSPS) is 17.7. The first-order valence-electron chi connectivity index (χ1n) is 6.28. The number of benzene rings is 2. The summed E-state index contributed by atoms with van der Waals surface area (Å²) >= 11 is 0. The van der Waals surface area contributed by atoms with Gasteiger partial charge in [-0.2, -0.15) is 0 Å². The Hall–Kier alpha value is -2.13. The molecule has 1 N–H and O–H groups in total. The molecule has 3 nitrogen and oxygen atoms in total. The summed E-state index contributed by atoms with van der Waals surface area (Å²) < 4.78 is 0. The van der Waals surface area contributed by atoms with Crippen LogP contribution in [0, 0.1) is 13.8 Å². The lowest BCUT2D eigenvalue weighted by molar-refractivity contribution is 0.0935. The number of carbonyl (C=O) groups excluding carboxylic acids is 1. The number of aliphatic hydroxyl groups excluding tert-OH is 1. The first kappa shape index (κ1) is 11.9. The van der Waals surface area contributed by atoms with E-state index in [4.69, 9.17) is 0 Å². The van der Waals surface area contributed by atoms with Crippen LogP contribution in [0.5, 0.6) is 0 Å². The van der Waals surface area contributed by atoms with Crippen LogP contribution >= 0.6 is 0 Å². The van der Waals surface area contributed by atoms with E-state index in [2.05, 4.69) is 0 Å². The highest BCUT2D eigenvalue weighted by atomic mass is 16.3. The van der Waals surface area contributed by atoms with Crippen molar-refractivity contribution in [3.05, 3.63) is 64.7 Å². The van der Waals surface area contributed by atoms with Gasteiger partial charge in [-0.1, -0.05) is 30.3 Å². The average Bonchev–Trinajstić information content (AvgIpc) is 2.67. The van der Waals surface area contributed by atoms with Crippen molar-refractivity contribution in [2.24, 2.45) is 0 Å². The summed E-state index contributed by atoms with van der Waals surface area (Å²) in [6, 6.07) is 13.0. The molecule has 19 heavy (non-hydrogen) atoms. The van der Waals surface area contributed by atoms with Crippen LogP contribution in [-0.4, -0.2) is 11.0 Å². The van der Waals surface area contributed by atoms with Gasteiger partial charge in [0, 0.05) is 11.1 Å². The van der Waals surface area contributed by atoms with Crippen LogP contribution in [0.3, 0.4) is 0 Å². The van der Waals surface area contributed by atoms with Gasteiger partial charge in [0.25, 0.3) is 5.91 Å². The van der Waals surface area contributed by atoms with Gasteiger partial charge in [0.1, 0.15) is 0 Å². The highest BCUT2D eigenvalue weighted by molar-refractivity contribution is 6.11. The summed E-state index contributed by atoms with van der Waals surface area (Å²) in [4.78, 5) is 13.9. The third kappa shape index (κ3) is 1.66. The van der Waals surface area contributed by atoms with Gasteiger partial charge in [0.2, 0.25) is 0 Å². The molecule has 2 aromatic carbocycles. The van der Waals surface area contributed by atoms with E-state index in [0.717, 1.165) is 16.8 Å². The summed E-state index contributed by atoms with van der Waals surface area (Å²) in [5.41, 5.74) is 4.15. The van der Waals surface area contributed by atoms with Gasteiger partial charge < -0.3 is 5.11 Å². The molecule has 3 rings (SSSR count). The Morgan fingerprint density at radius 2 is 1.79 bits per heavy atom. The number of rotatable bonds is 1. The second kappa shape index (κ2) is 4.21. The second-order valence-corrected chi connectivity index (χ2v) is 4.86. The minimum absolute atomic E-state index is 0.142. The number of amides is 1. The third-order valence-corrected chi connectivity index (χ3v) is 3.77. The molecule has 3 heteroatoms. The molecular weight excluding hydrogens is 238 g/mol. The quantitative estimate of drug-likeness (QED) is 0.848. The summed E-state index contributed by atoms with van der Waals surface area (Å²) in [6.45, 7) is 3.96. The molecule has 0 saturated carbocycles. The maximum absolute atomic E-state index is 12.4. The molecule has 0 aromatic heterocycles. The molecule has 0 spiro atoms. The standard InChI is InChI=1S/C16H15NO2/c1-10-6-5-9-14(11(10)2)17-15(18)12-7-3-4-8-13(12)16(17)19/h3-9,15,18H,1-2H3. The highest BCUT2D eigenvalue weighted by Gasteiger charge is 2.36. The number of hydrogen-bond donors (Lipinski definition) is 1. The molecule has 1 heterocycles. The maximum Gasteiger partial charge on any atom is 0.261 e. The maximum atomic E-state index is 12.4. The van der Waals surface area contributed by atoms with Crippen LogP contribution in [-0.2, 0) is 0 Å². The lowest BCUT2D eigenvalue weighted by Gasteiger charge is -2.23. The van der Waals surface area contributed by atoms with E-state index in [-0.39, 0.29) is 5.91 Å². The molecule has 1 amide bonds. The van der Waals surface area contributed by atoms with Gasteiger partial charge in [-0.05, 0) is 37.1 Å². The summed E-state index contributed by atoms with van der Waals surface area (Å²) in [6.07, 6.45) is -0.899. The molecule has 0 saturated heterocycles. The Morgan fingerprint density at radius 3 is 2.53 bits per heavy atom. The fourth-order valence-electron chi connectivity index (χ4n) is 2.53. The number of carbonyl (C=O) groups is 1. The van der Waals surface area contributed by atoms with Gasteiger partial charge in [-0.15, -0.1) is 0 Å². The zero-order valence-electron chi connectivity index (χ0n) is 10.9. The smallest absolute Gasteiger partial charge is 0.261 e. The van der Waals surface area contributed by atoms with Crippen LogP contribution < -0.4 is 4.90 Å². The molecule has 1 unspecified atom stereocenters. The average molecular weight is 253 g/mol. The van der Waals surface area contributed by atoms with E-state index in [1.807, 2.05) is 44.2 Å². The zero-order valence-corrected chi connectivity index (χ0v) is 10.9. The van der Waals surface area contributed by atoms with Crippen molar-refractivity contribution in [3.8, 4) is 0 Å². The zero-order chi connectivity index (χ0) is 13.6. The predicted octanol–water partition coefficient (Wildman–Crippen LogP) is 2.95. The fraction of sp³-hybridized carbons (Fsp3) is 0.188. The van der Waals surface area contributed by atoms with Crippen LogP contribution in [0.25, 0.3) is 0 Å². The number of anilines is 1. The molecule has 1 aliphatic rings. The van der Waals surface area contributed by atoms with Gasteiger partial charge >= 0.3 is 0 Å². The lowest BCUT2D eigenvalue weighted by atomic mass is 10.1. The SMILES string of the molecule is Cc1cccc(N2C(=O)c3ccccc3C2O)c1C. The van der Waals surface area contributed by atoms with Crippen LogP contribution in [0.2, 0.25) is 0 Å². The molecule has 2 aromatic rings. The number of nitrogens with zero attached hydrogens (tertiary/aromatic N) is 1. The van der Waals surface area contributed by atoms with Crippen LogP contribution in [0.1, 0.15) is 33.3 Å². The highest BCUT2D eigenvalue weighted by Crippen LogP contribution is 2.37. The summed E-state index contributed by atoms with van der Waals surface area (Å²) in [7, 11) is 0. The minimum atomic E-state index is -0.899. The number of aryl methyl sites for hydroxylation is 1. The Bertz CT molecular complexity index is 664. The van der Waals surface area contributed by atoms with Gasteiger partial charge in [-0.25, -0.2) is 0 Å². The van der Waals surface area contributed by atoms with Crippen molar-refractivity contribution >= 4 is 11.6 Å². The summed E-state index contributed by atoms with van der Waals surface area (Å²) in [5.74, 6) is -0.142. The Morgan fingerprint density at radius 1 is 1.05 bits per heavy atom. The van der Waals surface area contributed by atoms with Crippen molar-refractivity contribution in [3.63, 3.8) is 0 Å². The van der Waals surface area contributed by atoms with E-state index < -0.39 is 6.23 Å². The Labute approximate surface area is 112 Å². The molecule has 96 valence electrons. The molecule has 0 radical (unpaired) electrons. The predicted molar refractivity (Wildman–Crippen MR) is 74.1 cm³/mol. The van der Waals surface area contributed by atoms with Crippen molar-refractivity contribution in [2.75, 3.05) is 4.90 Å². The van der Waals surface area contributed by atoms with Crippen molar-refractivity contribution in [1.29, 1.82) is 0 Å².